The first-order valence-corrected chi connectivity index (χ1v) is 6.59. The molecule has 0 atom stereocenters. The topological polar surface area (TPSA) is 111 Å². The molecular formula is C10H15N3O4S. The summed E-state index contributed by atoms with van der Waals surface area (Å²) in [6.45, 7) is 0.349. The Hall–Kier alpha value is -1.64. The lowest BCUT2D eigenvalue weighted by atomic mass is 10.1. The Bertz CT molecular complexity index is 516. The van der Waals surface area contributed by atoms with Gasteiger partial charge in [0.05, 0.1) is 7.11 Å². The first kappa shape index (κ1) is 14.4. The molecule has 1 amide bonds. The van der Waals surface area contributed by atoms with Gasteiger partial charge < -0.3 is 10.5 Å². The number of nitrogens with two attached hydrogens (primary N) is 1. The molecule has 1 aromatic rings. The van der Waals surface area contributed by atoms with Crippen molar-refractivity contribution in [3.63, 3.8) is 0 Å². The van der Waals surface area contributed by atoms with Crippen molar-refractivity contribution < 1.29 is 17.9 Å². The molecule has 0 heterocycles. The van der Waals surface area contributed by atoms with Gasteiger partial charge in [0, 0.05) is 13.1 Å². The fourth-order valence-electron chi connectivity index (χ4n) is 1.29. The molecule has 0 aliphatic heterocycles. The second-order valence-electron chi connectivity index (χ2n) is 3.39. The maximum Gasteiger partial charge on any atom is 0.421 e. The van der Waals surface area contributed by atoms with Crippen molar-refractivity contribution in [1.82, 2.24) is 9.44 Å². The third-order valence-corrected chi connectivity index (χ3v) is 3.15. The molecule has 18 heavy (non-hydrogen) atoms. The summed E-state index contributed by atoms with van der Waals surface area (Å²) in [6, 6.07) is 7.14. The molecule has 1 rings (SSSR count). The molecular weight excluding hydrogens is 258 g/mol. The molecule has 0 saturated carbocycles. The molecule has 0 aliphatic carbocycles. The van der Waals surface area contributed by atoms with Crippen LogP contribution in [0.1, 0.15) is 11.1 Å². The van der Waals surface area contributed by atoms with Crippen LogP contribution in [0.25, 0.3) is 0 Å². The van der Waals surface area contributed by atoms with Gasteiger partial charge in [-0.05, 0) is 11.1 Å². The lowest BCUT2D eigenvalue weighted by Gasteiger charge is -2.10. The van der Waals surface area contributed by atoms with Gasteiger partial charge in [-0.15, -0.1) is 0 Å². The van der Waals surface area contributed by atoms with Crippen LogP contribution >= 0.6 is 0 Å². The number of rotatable bonds is 5. The average Bonchev–Trinajstić information content (AvgIpc) is 2.36. The summed E-state index contributed by atoms with van der Waals surface area (Å²) in [5, 5.41) is 0. The van der Waals surface area contributed by atoms with Gasteiger partial charge in [0.1, 0.15) is 0 Å². The van der Waals surface area contributed by atoms with Crippen LogP contribution in [0.5, 0.6) is 0 Å². The smallest absolute Gasteiger partial charge is 0.421 e. The van der Waals surface area contributed by atoms with E-state index in [2.05, 4.69) is 9.46 Å². The Kier molecular flexibility index (Phi) is 5.08. The predicted octanol–water partition coefficient (Wildman–Crippen LogP) is -0.164. The van der Waals surface area contributed by atoms with Crippen molar-refractivity contribution in [2.45, 2.75) is 13.1 Å². The molecule has 0 radical (unpaired) electrons. The van der Waals surface area contributed by atoms with Crippen LogP contribution in [-0.2, 0) is 28.0 Å². The molecule has 0 spiro atoms. The van der Waals surface area contributed by atoms with Crippen LogP contribution in [0.4, 0.5) is 4.79 Å². The number of ether oxygens (including phenoxy) is 1. The summed E-state index contributed by atoms with van der Waals surface area (Å²) in [5.41, 5.74) is 7.10. The zero-order valence-electron chi connectivity index (χ0n) is 9.84. The maximum absolute atomic E-state index is 11.4. The Morgan fingerprint density at radius 3 is 2.50 bits per heavy atom. The fourth-order valence-corrected chi connectivity index (χ4v) is 2.01. The molecule has 7 nitrogen and oxygen atoms in total. The van der Waals surface area contributed by atoms with Gasteiger partial charge in [-0.3, -0.25) is 0 Å². The van der Waals surface area contributed by atoms with Crippen molar-refractivity contribution in [3.05, 3.63) is 35.4 Å². The molecule has 0 bridgehead atoms. The molecule has 0 saturated heterocycles. The highest BCUT2D eigenvalue weighted by atomic mass is 32.2. The quantitative estimate of drug-likeness (QED) is 0.690. The highest BCUT2D eigenvalue weighted by Crippen LogP contribution is 2.07. The van der Waals surface area contributed by atoms with Crippen molar-refractivity contribution in [2.75, 3.05) is 7.11 Å². The SMILES string of the molecule is COC(=O)NS(=O)(=O)NCc1ccccc1CN. The van der Waals surface area contributed by atoms with E-state index in [1.54, 1.807) is 22.9 Å². The maximum atomic E-state index is 11.4. The summed E-state index contributed by atoms with van der Waals surface area (Å²) in [4.78, 5) is 10.8. The van der Waals surface area contributed by atoms with Gasteiger partial charge in [-0.25, -0.2) is 9.52 Å². The molecule has 1 aromatic carbocycles. The van der Waals surface area contributed by atoms with Gasteiger partial charge in [0.2, 0.25) is 0 Å². The van der Waals surface area contributed by atoms with E-state index in [0.29, 0.717) is 6.54 Å². The predicted molar refractivity (Wildman–Crippen MR) is 65.6 cm³/mol. The van der Waals surface area contributed by atoms with Crippen molar-refractivity contribution in [2.24, 2.45) is 5.73 Å². The molecule has 0 unspecified atom stereocenters. The zero-order valence-corrected chi connectivity index (χ0v) is 10.7. The molecule has 0 fully saturated rings. The van der Waals surface area contributed by atoms with Gasteiger partial charge >= 0.3 is 16.3 Å². The summed E-state index contributed by atoms with van der Waals surface area (Å²) < 4.78 is 30.9. The Morgan fingerprint density at radius 2 is 1.94 bits per heavy atom. The Balaban J connectivity index is 2.67. The van der Waals surface area contributed by atoms with E-state index in [0.717, 1.165) is 18.2 Å². The minimum atomic E-state index is -3.93. The highest BCUT2D eigenvalue weighted by Gasteiger charge is 2.14. The lowest BCUT2D eigenvalue weighted by molar-refractivity contribution is 0.177. The lowest BCUT2D eigenvalue weighted by Crippen LogP contribution is -2.39. The monoisotopic (exact) mass is 273 g/mol. The molecule has 0 aliphatic rings. The van der Waals surface area contributed by atoms with Crippen LogP contribution in [0, 0.1) is 0 Å². The van der Waals surface area contributed by atoms with Crippen molar-refractivity contribution in [3.8, 4) is 0 Å². The normalized spacial score (nSPS) is 11.0. The molecule has 8 heteroatoms. The fraction of sp³-hybridized carbons (Fsp3) is 0.300. The van der Waals surface area contributed by atoms with E-state index in [1.165, 1.54) is 0 Å². The zero-order chi connectivity index (χ0) is 13.6. The second kappa shape index (κ2) is 6.34. The number of hydrogen-bond donors (Lipinski definition) is 3. The number of benzene rings is 1. The molecule has 100 valence electrons. The Morgan fingerprint density at radius 1 is 1.33 bits per heavy atom. The number of methoxy groups -OCH3 is 1. The largest absolute Gasteiger partial charge is 0.452 e. The minimum Gasteiger partial charge on any atom is -0.452 e. The van der Waals surface area contributed by atoms with Gasteiger partial charge in [-0.1, -0.05) is 24.3 Å². The van der Waals surface area contributed by atoms with E-state index in [-0.39, 0.29) is 6.54 Å². The number of nitrogens with one attached hydrogen (secondary N) is 2. The van der Waals surface area contributed by atoms with E-state index in [9.17, 15) is 13.2 Å². The third-order valence-electron chi connectivity index (χ3n) is 2.19. The third kappa shape index (κ3) is 4.32. The van der Waals surface area contributed by atoms with Crippen LogP contribution in [0.2, 0.25) is 0 Å². The van der Waals surface area contributed by atoms with E-state index in [1.807, 2.05) is 6.07 Å². The first-order chi connectivity index (χ1) is 8.48. The molecule has 4 N–H and O–H groups in total. The van der Waals surface area contributed by atoms with Crippen LogP contribution in [0.3, 0.4) is 0 Å². The first-order valence-electron chi connectivity index (χ1n) is 5.10. The number of hydrogen-bond acceptors (Lipinski definition) is 5. The van der Waals surface area contributed by atoms with Gasteiger partial charge in [0.15, 0.2) is 0 Å². The average molecular weight is 273 g/mol. The number of carbonyl (C=O) groups excluding carboxylic acids is 1. The Labute approximate surface area is 106 Å². The van der Waals surface area contributed by atoms with E-state index in [4.69, 9.17) is 5.73 Å². The van der Waals surface area contributed by atoms with Crippen molar-refractivity contribution in [1.29, 1.82) is 0 Å². The van der Waals surface area contributed by atoms with Gasteiger partial charge in [0.25, 0.3) is 0 Å². The van der Waals surface area contributed by atoms with Crippen molar-refractivity contribution >= 4 is 16.3 Å². The number of amides is 1. The summed E-state index contributed by atoms with van der Waals surface area (Å²) in [6.07, 6.45) is -1.05. The second-order valence-corrected chi connectivity index (χ2v) is 4.89. The summed E-state index contributed by atoms with van der Waals surface area (Å²) in [7, 11) is -2.85. The van der Waals surface area contributed by atoms with E-state index >= 15 is 0 Å². The van der Waals surface area contributed by atoms with Crippen LogP contribution < -0.4 is 15.2 Å². The minimum absolute atomic E-state index is 0.0414. The van der Waals surface area contributed by atoms with Crippen LogP contribution in [-0.4, -0.2) is 21.6 Å². The van der Waals surface area contributed by atoms with E-state index < -0.39 is 16.3 Å². The highest BCUT2D eigenvalue weighted by molar-refractivity contribution is 7.88. The standard InChI is InChI=1S/C10H15N3O4S/c1-17-10(14)13-18(15,16)12-7-9-5-3-2-4-8(9)6-11/h2-5,12H,6-7,11H2,1H3,(H,13,14). The van der Waals surface area contributed by atoms with Crippen LogP contribution in [0.15, 0.2) is 24.3 Å². The summed E-state index contributed by atoms with van der Waals surface area (Å²) in [5.74, 6) is 0. The molecule has 0 aromatic heterocycles. The number of carbonyl (C=O) groups is 1. The summed E-state index contributed by atoms with van der Waals surface area (Å²) >= 11 is 0. The van der Waals surface area contributed by atoms with Gasteiger partial charge in [-0.2, -0.15) is 13.1 Å².